The Morgan fingerprint density at radius 2 is 2.24 bits per heavy atom. The molecule has 1 amide bonds. The topological polar surface area (TPSA) is 55.1 Å². The van der Waals surface area contributed by atoms with E-state index in [-0.39, 0.29) is 11.8 Å². The summed E-state index contributed by atoms with van der Waals surface area (Å²) >= 11 is 1.64. The first kappa shape index (κ1) is 12.1. The number of nitrogens with one attached hydrogen (secondary N) is 1. The molecule has 0 aliphatic rings. The van der Waals surface area contributed by atoms with Crippen LogP contribution in [-0.2, 0) is 4.79 Å². The van der Waals surface area contributed by atoms with Crippen LogP contribution >= 0.6 is 11.3 Å². The first-order valence-corrected chi connectivity index (χ1v) is 6.57. The summed E-state index contributed by atoms with van der Waals surface area (Å²) in [5.41, 5.74) is 6.36. The third-order valence-electron chi connectivity index (χ3n) is 2.79. The van der Waals surface area contributed by atoms with E-state index in [1.165, 1.54) is 4.70 Å². The Balaban J connectivity index is 2.16. The minimum atomic E-state index is -0.0429. The predicted octanol–water partition coefficient (Wildman–Crippen LogP) is 2.82. The van der Waals surface area contributed by atoms with Crippen molar-refractivity contribution in [1.29, 1.82) is 0 Å². The molecule has 1 unspecified atom stereocenters. The Labute approximate surface area is 105 Å². The molecule has 1 aromatic heterocycles. The highest BCUT2D eigenvalue weighted by Crippen LogP contribution is 2.30. The number of anilines is 1. The van der Waals surface area contributed by atoms with E-state index in [1.807, 2.05) is 30.5 Å². The number of rotatable bonds is 4. The van der Waals surface area contributed by atoms with Gasteiger partial charge in [-0.2, -0.15) is 0 Å². The molecule has 0 aliphatic carbocycles. The van der Waals surface area contributed by atoms with Gasteiger partial charge in [-0.05, 0) is 19.0 Å². The van der Waals surface area contributed by atoms with Gasteiger partial charge in [0.05, 0.1) is 5.69 Å². The summed E-state index contributed by atoms with van der Waals surface area (Å²) in [7, 11) is 0. The number of nitrogens with two attached hydrogens (primary N) is 1. The second-order valence-electron chi connectivity index (χ2n) is 4.11. The Hall–Kier alpha value is -1.39. The highest BCUT2D eigenvalue weighted by Gasteiger charge is 2.13. The average Bonchev–Trinajstić information content (AvgIpc) is 2.73. The molecular weight excluding hydrogens is 232 g/mol. The van der Waals surface area contributed by atoms with Gasteiger partial charge in [-0.3, -0.25) is 4.79 Å². The maximum Gasteiger partial charge on any atom is 0.227 e. The Morgan fingerprint density at radius 1 is 1.47 bits per heavy atom. The van der Waals surface area contributed by atoms with Gasteiger partial charge in [-0.15, -0.1) is 11.3 Å². The lowest BCUT2D eigenvalue weighted by Gasteiger charge is -2.10. The van der Waals surface area contributed by atoms with E-state index in [2.05, 4.69) is 11.4 Å². The van der Waals surface area contributed by atoms with Crippen LogP contribution in [0.2, 0.25) is 0 Å². The van der Waals surface area contributed by atoms with E-state index < -0.39 is 0 Å². The van der Waals surface area contributed by atoms with Crippen LogP contribution < -0.4 is 11.1 Å². The molecule has 0 saturated carbocycles. The fourth-order valence-electron chi connectivity index (χ4n) is 1.71. The van der Waals surface area contributed by atoms with Crippen molar-refractivity contribution in [3.05, 3.63) is 29.6 Å². The number of benzene rings is 1. The number of carbonyl (C=O) groups excluding carboxylic acids is 1. The summed E-state index contributed by atoms with van der Waals surface area (Å²) < 4.78 is 1.19. The van der Waals surface area contributed by atoms with Gasteiger partial charge in [0.15, 0.2) is 0 Å². The summed E-state index contributed by atoms with van der Waals surface area (Å²) in [6, 6.07) is 8.06. The van der Waals surface area contributed by atoms with Crippen LogP contribution in [-0.4, -0.2) is 12.5 Å². The first-order valence-electron chi connectivity index (χ1n) is 5.69. The molecule has 0 aliphatic heterocycles. The third kappa shape index (κ3) is 2.65. The van der Waals surface area contributed by atoms with Crippen molar-refractivity contribution >= 4 is 33.0 Å². The van der Waals surface area contributed by atoms with E-state index in [9.17, 15) is 4.79 Å². The zero-order valence-corrected chi connectivity index (χ0v) is 10.6. The van der Waals surface area contributed by atoms with Gasteiger partial charge in [0.2, 0.25) is 5.91 Å². The Morgan fingerprint density at radius 3 is 3.00 bits per heavy atom. The van der Waals surface area contributed by atoms with Crippen LogP contribution in [0.3, 0.4) is 0 Å². The van der Waals surface area contributed by atoms with Crippen LogP contribution in [0.4, 0.5) is 5.69 Å². The van der Waals surface area contributed by atoms with Crippen molar-refractivity contribution in [2.45, 2.75) is 13.3 Å². The van der Waals surface area contributed by atoms with E-state index in [0.29, 0.717) is 13.0 Å². The van der Waals surface area contributed by atoms with Gasteiger partial charge in [0.1, 0.15) is 0 Å². The molecule has 3 N–H and O–H groups in total. The summed E-state index contributed by atoms with van der Waals surface area (Å²) in [6.45, 7) is 2.44. The number of hydrogen-bond acceptors (Lipinski definition) is 3. The second kappa shape index (κ2) is 5.29. The first-order chi connectivity index (χ1) is 8.22. The molecule has 0 spiro atoms. The number of hydrogen-bond donors (Lipinski definition) is 2. The minimum absolute atomic E-state index is 0.0407. The van der Waals surface area contributed by atoms with Crippen molar-refractivity contribution in [1.82, 2.24) is 0 Å². The summed E-state index contributed by atoms with van der Waals surface area (Å²) in [5, 5.41) is 6.05. The molecule has 2 aromatic rings. The largest absolute Gasteiger partial charge is 0.330 e. The summed E-state index contributed by atoms with van der Waals surface area (Å²) in [4.78, 5) is 11.9. The molecule has 2 rings (SSSR count). The lowest BCUT2D eigenvalue weighted by atomic mass is 10.1. The fraction of sp³-hybridized carbons (Fsp3) is 0.308. The van der Waals surface area contributed by atoms with E-state index in [1.54, 1.807) is 11.3 Å². The molecule has 0 saturated heterocycles. The molecular formula is C13H16N2OS. The Bertz CT molecular complexity index is 521. The molecule has 1 heterocycles. The third-order valence-corrected chi connectivity index (χ3v) is 3.75. The number of fused-ring (bicyclic) bond motifs is 1. The molecule has 17 heavy (non-hydrogen) atoms. The van der Waals surface area contributed by atoms with E-state index in [4.69, 9.17) is 5.73 Å². The molecule has 3 nitrogen and oxygen atoms in total. The van der Waals surface area contributed by atoms with Crippen LogP contribution in [0.15, 0.2) is 29.6 Å². The summed E-state index contributed by atoms with van der Waals surface area (Å²) in [5.74, 6) is -0.00216. The van der Waals surface area contributed by atoms with Gasteiger partial charge in [0.25, 0.3) is 0 Å². The average molecular weight is 248 g/mol. The SMILES string of the molecule is CC(CCN)C(=O)Nc1csc2ccccc12. The monoisotopic (exact) mass is 248 g/mol. The smallest absolute Gasteiger partial charge is 0.227 e. The number of carbonyl (C=O) groups is 1. The minimum Gasteiger partial charge on any atom is -0.330 e. The molecule has 4 heteroatoms. The highest BCUT2D eigenvalue weighted by molar-refractivity contribution is 7.17. The van der Waals surface area contributed by atoms with Crippen LogP contribution in [0.25, 0.3) is 10.1 Å². The molecule has 1 atom stereocenters. The predicted molar refractivity (Wildman–Crippen MR) is 73.3 cm³/mol. The summed E-state index contributed by atoms with van der Waals surface area (Å²) in [6.07, 6.45) is 0.716. The quantitative estimate of drug-likeness (QED) is 0.874. The van der Waals surface area contributed by atoms with Crippen LogP contribution in [0, 0.1) is 5.92 Å². The number of amides is 1. The molecule has 1 aromatic carbocycles. The van der Waals surface area contributed by atoms with Crippen molar-refractivity contribution in [3.63, 3.8) is 0 Å². The zero-order chi connectivity index (χ0) is 12.3. The fourth-order valence-corrected chi connectivity index (χ4v) is 2.60. The highest BCUT2D eigenvalue weighted by atomic mass is 32.1. The lowest BCUT2D eigenvalue weighted by Crippen LogP contribution is -2.22. The van der Waals surface area contributed by atoms with E-state index >= 15 is 0 Å². The Kier molecular flexibility index (Phi) is 3.76. The second-order valence-corrected chi connectivity index (χ2v) is 5.02. The van der Waals surface area contributed by atoms with Crippen LogP contribution in [0.5, 0.6) is 0 Å². The van der Waals surface area contributed by atoms with Gasteiger partial charge in [0, 0.05) is 21.4 Å². The molecule has 0 fully saturated rings. The normalized spacial score (nSPS) is 12.6. The standard InChI is InChI=1S/C13H16N2OS/c1-9(6-7-14)13(16)15-11-8-17-12-5-3-2-4-10(11)12/h2-5,8-9H,6-7,14H2,1H3,(H,15,16). The van der Waals surface area contributed by atoms with Gasteiger partial charge >= 0.3 is 0 Å². The lowest BCUT2D eigenvalue weighted by molar-refractivity contribution is -0.119. The van der Waals surface area contributed by atoms with Crippen molar-refractivity contribution in [3.8, 4) is 0 Å². The van der Waals surface area contributed by atoms with Gasteiger partial charge < -0.3 is 11.1 Å². The maximum atomic E-state index is 11.9. The van der Waals surface area contributed by atoms with E-state index in [0.717, 1.165) is 11.1 Å². The molecule has 0 radical (unpaired) electrons. The van der Waals surface area contributed by atoms with Crippen molar-refractivity contribution in [2.75, 3.05) is 11.9 Å². The zero-order valence-electron chi connectivity index (χ0n) is 9.77. The number of thiophene rings is 1. The maximum absolute atomic E-state index is 11.9. The van der Waals surface area contributed by atoms with Gasteiger partial charge in [-0.25, -0.2) is 0 Å². The van der Waals surface area contributed by atoms with Crippen molar-refractivity contribution < 1.29 is 4.79 Å². The van der Waals surface area contributed by atoms with Gasteiger partial charge in [-0.1, -0.05) is 25.1 Å². The molecule has 0 bridgehead atoms. The molecule has 90 valence electrons. The van der Waals surface area contributed by atoms with Crippen molar-refractivity contribution in [2.24, 2.45) is 11.7 Å². The van der Waals surface area contributed by atoms with Crippen LogP contribution in [0.1, 0.15) is 13.3 Å².